The van der Waals surface area contributed by atoms with Crippen LogP contribution < -0.4 is 5.32 Å². The Labute approximate surface area is 94.6 Å². The molecule has 0 aromatic heterocycles. The zero-order chi connectivity index (χ0) is 10.7. The summed E-state index contributed by atoms with van der Waals surface area (Å²) in [6.45, 7) is 1.56. The van der Waals surface area contributed by atoms with E-state index in [1.165, 1.54) is 18.2 Å². The highest BCUT2D eigenvalue weighted by Gasteiger charge is 2.10. The second-order valence-electron chi connectivity index (χ2n) is 2.73. The van der Waals surface area contributed by atoms with Crippen LogP contribution in [0.3, 0.4) is 0 Å². The van der Waals surface area contributed by atoms with Crippen LogP contribution in [0.25, 0.3) is 0 Å². The van der Waals surface area contributed by atoms with E-state index in [2.05, 4.69) is 21.2 Å². The van der Waals surface area contributed by atoms with Gasteiger partial charge < -0.3 is 5.32 Å². The maximum absolute atomic E-state index is 12.7. The first-order valence-corrected chi connectivity index (χ1v) is 5.13. The monoisotopic (exact) mass is 279 g/mol. The molecule has 0 saturated heterocycles. The molecule has 1 amide bonds. The molecule has 0 fully saturated rings. The molecular formula is C9H8BrClFNO. The maximum atomic E-state index is 12.7. The van der Waals surface area contributed by atoms with Crippen LogP contribution in [0.1, 0.15) is 6.92 Å². The maximum Gasteiger partial charge on any atom is 0.242 e. The number of halogens is 3. The highest BCUT2D eigenvalue weighted by atomic mass is 79.9. The molecule has 0 aliphatic heterocycles. The van der Waals surface area contributed by atoms with Crippen molar-refractivity contribution in [2.24, 2.45) is 0 Å². The topological polar surface area (TPSA) is 29.1 Å². The van der Waals surface area contributed by atoms with Crippen molar-refractivity contribution in [2.45, 2.75) is 12.3 Å². The number of rotatable bonds is 2. The van der Waals surface area contributed by atoms with E-state index in [9.17, 15) is 9.18 Å². The van der Waals surface area contributed by atoms with Crippen molar-refractivity contribution in [1.29, 1.82) is 0 Å². The average Bonchev–Trinajstić information content (AvgIpc) is 2.09. The number of carbonyl (C=O) groups excluding carboxylic acids is 1. The van der Waals surface area contributed by atoms with E-state index < -0.39 is 5.38 Å². The molecule has 0 spiro atoms. The minimum absolute atomic E-state index is 0.320. The van der Waals surface area contributed by atoms with E-state index in [0.29, 0.717) is 10.2 Å². The van der Waals surface area contributed by atoms with Crippen LogP contribution in [0.5, 0.6) is 0 Å². The Hall–Kier alpha value is -0.610. The van der Waals surface area contributed by atoms with Gasteiger partial charge in [0.15, 0.2) is 0 Å². The van der Waals surface area contributed by atoms with Gasteiger partial charge in [-0.05, 0) is 41.1 Å². The van der Waals surface area contributed by atoms with Gasteiger partial charge in [-0.25, -0.2) is 4.39 Å². The summed E-state index contributed by atoms with van der Waals surface area (Å²) in [5, 5.41) is 1.93. The minimum atomic E-state index is -0.619. The zero-order valence-corrected chi connectivity index (χ0v) is 9.69. The van der Waals surface area contributed by atoms with Gasteiger partial charge in [-0.15, -0.1) is 11.6 Å². The van der Waals surface area contributed by atoms with Crippen LogP contribution in [0.2, 0.25) is 0 Å². The molecule has 0 radical (unpaired) electrons. The third kappa shape index (κ3) is 2.96. The number of alkyl halides is 1. The molecule has 14 heavy (non-hydrogen) atoms. The quantitative estimate of drug-likeness (QED) is 0.829. The van der Waals surface area contributed by atoms with Gasteiger partial charge in [-0.3, -0.25) is 4.79 Å². The lowest BCUT2D eigenvalue weighted by atomic mass is 10.3. The van der Waals surface area contributed by atoms with Crippen molar-refractivity contribution in [1.82, 2.24) is 0 Å². The van der Waals surface area contributed by atoms with E-state index in [1.807, 2.05) is 0 Å². The van der Waals surface area contributed by atoms with Crippen molar-refractivity contribution >= 4 is 39.1 Å². The van der Waals surface area contributed by atoms with E-state index in [-0.39, 0.29) is 11.7 Å². The molecule has 0 saturated carbocycles. The van der Waals surface area contributed by atoms with Gasteiger partial charge in [-0.2, -0.15) is 0 Å². The first kappa shape index (κ1) is 11.5. The SMILES string of the molecule is CC(Cl)C(=O)Nc1ccc(F)cc1Br. The fourth-order valence-electron chi connectivity index (χ4n) is 0.823. The highest BCUT2D eigenvalue weighted by Crippen LogP contribution is 2.23. The van der Waals surface area contributed by atoms with Crippen molar-refractivity contribution < 1.29 is 9.18 Å². The Morgan fingerprint density at radius 2 is 2.29 bits per heavy atom. The molecule has 0 heterocycles. The Bertz CT molecular complexity index is 357. The molecule has 0 aliphatic carbocycles. The molecule has 2 nitrogen and oxygen atoms in total. The van der Waals surface area contributed by atoms with Crippen molar-refractivity contribution in [2.75, 3.05) is 5.32 Å². The summed E-state index contributed by atoms with van der Waals surface area (Å²) in [6.07, 6.45) is 0. The second kappa shape index (κ2) is 4.75. The summed E-state index contributed by atoms with van der Waals surface area (Å²) in [6, 6.07) is 4.00. The molecule has 1 rings (SSSR count). The van der Waals surface area contributed by atoms with Gasteiger partial charge in [-0.1, -0.05) is 0 Å². The fourth-order valence-corrected chi connectivity index (χ4v) is 1.33. The number of benzene rings is 1. The number of anilines is 1. The number of nitrogens with one attached hydrogen (secondary N) is 1. The van der Waals surface area contributed by atoms with E-state index >= 15 is 0 Å². The predicted octanol–water partition coefficient (Wildman–Crippen LogP) is 3.15. The van der Waals surface area contributed by atoms with Gasteiger partial charge >= 0.3 is 0 Å². The Morgan fingerprint density at radius 3 is 2.79 bits per heavy atom. The molecule has 76 valence electrons. The van der Waals surface area contributed by atoms with Crippen LogP contribution in [-0.4, -0.2) is 11.3 Å². The zero-order valence-electron chi connectivity index (χ0n) is 7.35. The standard InChI is InChI=1S/C9H8BrClFNO/c1-5(11)9(14)13-8-3-2-6(12)4-7(8)10/h2-5H,1H3,(H,13,14). The van der Waals surface area contributed by atoms with Crippen LogP contribution in [-0.2, 0) is 4.79 Å². The number of hydrogen-bond acceptors (Lipinski definition) is 1. The molecule has 1 aromatic rings. The lowest BCUT2D eigenvalue weighted by molar-refractivity contribution is -0.115. The normalized spacial score (nSPS) is 12.3. The Balaban J connectivity index is 2.82. The van der Waals surface area contributed by atoms with Crippen LogP contribution in [0.4, 0.5) is 10.1 Å². The van der Waals surface area contributed by atoms with Crippen molar-refractivity contribution in [3.8, 4) is 0 Å². The Kier molecular flexibility index (Phi) is 3.89. The third-order valence-corrected chi connectivity index (χ3v) is 2.40. The first-order valence-electron chi connectivity index (χ1n) is 3.90. The number of amides is 1. The second-order valence-corrected chi connectivity index (χ2v) is 4.24. The first-order chi connectivity index (χ1) is 6.50. The van der Waals surface area contributed by atoms with Gasteiger partial charge in [0.25, 0.3) is 0 Å². The van der Waals surface area contributed by atoms with Crippen LogP contribution in [0.15, 0.2) is 22.7 Å². The van der Waals surface area contributed by atoms with E-state index in [4.69, 9.17) is 11.6 Å². The lowest BCUT2D eigenvalue weighted by Gasteiger charge is -2.08. The summed E-state index contributed by atoms with van der Waals surface area (Å²) >= 11 is 8.69. The van der Waals surface area contributed by atoms with Crippen LogP contribution in [0, 0.1) is 5.82 Å². The number of hydrogen-bond donors (Lipinski definition) is 1. The molecule has 1 atom stereocenters. The lowest BCUT2D eigenvalue weighted by Crippen LogP contribution is -2.20. The molecule has 1 N–H and O–H groups in total. The van der Waals surface area contributed by atoms with Gasteiger partial charge in [0.05, 0.1) is 5.69 Å². The largest absolute Gasteiger partial charge is 0.324 e. The average molecular weight is 281 g/mol. The minimum Gasteiger partial charge on any atom is -0.324 e. The van der Waals surface area contributed by atoms with E-state index in [0.717, 1.165) is 0 Å². The summed E-state index contributed by atoms with van der Waals surface area (Å²) in [7, 11) is 0. The molecule has 0 aliphatic rings. The summed E-state index contributed by atoms with van der Waals surface area (Å²) in [5.74, 6) is -0.687. The fraction of sp³-hybridized carbons (Fsp3) is 0.222. The van der Waals surface area contributed by atoms with E-state index in [1.54, 1.807) is 6.92 Å². The smallest absolute Gasteiger partial charge is 0.242 e. The third-order valence-electron chi connectivity index (χ3n) is 1.55. The number of carbonyl (C=O) groups is 1. The summed E-state index contributed by atoms with van der Waals surface area (Å²) in [4.78, 5) is 11.2. The van der Waals surface area contributed by atoms with Gasteiger partial charge in [0, 0.05) is 4.47 Å². The Morgan fingerprint density at radius 1 is 1.64 bits per heavy atom. The molecule has 0 bridgehead atoms. The van der Waals surface area contributed by atoms with Gasteiger partial charge in [0.2, 0.25) is 5.91 Å². The molecule has 5 heteroatoms. The molecule has 1 unspecified atom stereocenters. The van der Waals surface area contributed by atoms with Crippen molar-refractivity contribution in [3.05, 3.63) is 28.5 Å². The van der Waals surface area contributed by atoms with Crippen molar-refractivity contribution in [3.63, 3.8) is 0 Å². The predicted molar refractivity (Wildman–Crippen MR) is 58.0 cm³/mol. The highest BCUT2D eigenvalue weighted by molar-refractivity contribution is 9.10. The molecule has 1 aromatic carbocycles. The van der Waals surface area contributed by atoms with Gasteiger partial charge in [0.1, 0.15) is 11.2 Å². The summed E-state index contributed by atoms with van der Waals surface area (Å²) < 4.78 is 13.2. The van der Waals surface area contributed by atoms with Crippen LogP contribution >= 0.6 is 27.5 Å². The summed E-state index contributed by atoms with van der Waals surface area (Å²) in [5.41, 5.74) is 0.504. The molecular weight excluding hydrogens is 272 g/mol.